The van der Waals surface area contributed by atoms with E-state index in [1.54, 1.807) is 0 Å². The van der Waals surface area contributed by atoms with Crippen molar-refractivity contribution in [2.24, 2.45) is 16.9 Å². The summed E-state index contributed by atoms with van der Waals surface area (Å²) in [4.78, 5) is 16.9. The zero-order chi connectivity index (χ0) is 23.5. The van der Waals surface area contributed by atoms with E-state index in [0.29, 0.717) is 18.1 Å². The van der Waals surface area contributed by atoms with E-state index in [0.717, 1.165) is 46.5 Å². The first-order valence-corrected chi connectivity index (χ1v) is 11.7. The van der Waals surface area contributed by atoms with Crippen molar-refractivity contribution in [1.82, 2.24) is 10.4 Å². The summed E-state index contributed by atoms with van der Waals surface area (Å²) >= 11 is 0. The van der Waals surface area contributed by atoms with Crippen LogP contribution in [0.25, 0.3) is 22.6 Å². The predicted octanol–water partition coefficient (Wildman–Crippen LogP) is 5.96. The Hall–Kier alpha value is -3.93. The van der Waals surface area contributed by atoms with Gasteiger partial charge in [-0.05, 0) is 48.4 Å². The van der Waals surface area contributed by atoms with Crippen LogP contribution < -0.4 is 10.2 Å². The third-order valence-electron chi connectivity index (χ3n) is 6.29. The summed E-state index contributed by atoms with van der Waals surface area (Å²) in [5.74, 6) is 1.31. The van der Waals surface area contributed by atoms with Crippen LogP contribution in [0, 0.1) is 11.8 Å². The van der Waals surface area contributed by atoms with Crippen LogP contribution in [0.3, 0.4) is 0 Å². The topological polar surface area (TPSA) is 76.7 Å². The van der Waals surface area contributed by atoms with Gasteiger partial charge in [0.15, 0.2) is 5.58 Å². The van der Waals surface area contributed by atoms with Crippen molar-refractivity contribution < 1.29 is 13.9 Å². The molecular formula is C28H27N3O3. The van der Waals surface area contributed by atoms with Gasteiger partial charge in [0.05, 0.1) is 5.71 Å². The average molecular weight is 454 g/mol. The van der Waals surface area contributed by atoms with E-state index in [-0.39, 0.29) is 17.7 Å². The summed E-state index contributed by atoms with van der Waals surface area (Å²) in [5.41, 5.74) is 7.97. The van der Waals surface area contributed by atoms with Crippen molar-refractivity contribution in [3.8, 4) is 17.2 Å². The maximum Gasteiger partial charge on any atom is 0.243 e. The molecule has 1 aliphatic rings. The largest absolute Gasteiger partial charge is 0.489 e. The number of ether oxygens (including phenoxy) is 1. The molecule has 0 radical (unpaired) electrons. The zero-order valence-electron chi connectivity index (χ0n) is 19.3. The quantitative estimate of drug-likeness (QED) is 0.375. The minimum atomic E-state index is -0.0684. The fourth-order valence-corrected chi connectivity index (χ4v) is 4.38. The number of nitrogens with one attached hydrogen (secondary N) is 1. The number of fused-ring (bicyclic) bond motifs is 1. The second-order valence-corrected chi connectivity index (χ2v) is 8.66. The zero-order valence-corrected chi connectivity index (χ0v) is 19.3. The summed E-state index contributed by atoms with van der Waals surface area (Å²) in [6.45, 7) is 4.68. The number of amides is 1. The minimum absolute atomic E-state index is 0.00248. The Morgan fingerprint density at radius 3 is 2.53 bits per heavy atom. The third kappa shape index (κ3) is 4.44. The first-order chi connectivity index (χ1) is 16.6. The van der Waals surface area contributed by atoms with Crippen LogP contribution in [-0.4, -0.2) is 16.6 Å². The Morgan fingerprint density at radius 2 is 1.76 bits per heavy atom. The van der Waals surface area contributed by atoms with Crippen LogP contribution >= 0.6 is 0 Å². The number of rotatable bonds is 7. The van der Waals surface area contributed by atoms with E-state index < -0.39 is 0 Å². The number of benzene rings is 3. The molecule has 2 atom stereocenters. The molecule has 5 rings (SSSR count). The van der Waals surface area contributed by atoms with Crippen molar-refractivity contribution >= 4 is 22.7 Å². The first-order valence-electron chi connectivity index (χ1n) is 11.7. The number of hydrazone groups is 1. The summed E-state index contributed by atoms with van der Waals surface area (Å²) in [5, 5.41) is 4.36. The molecule has 6 heteroatoms. The van der Waals surface area contributed by atoms with Gasteiger partial charge in [0.2, 0.25) is 11.8 Å². The Morgan fingerprint density at radius 1 is 1.00 bits per heavy atom. The third-order valence-corrected chi connectivity index (χ3v) is 6.29. The molecule has 4 aromatic rings. The van der Waals surface area contributed by atoms with E-state index in [2.05, 4.69) is 29.4 Å². The Labute approximate surface area is 198 Å². The number of oxazole rings is 1. The van der Waals surface area contributed by atoms with Gasteiger partial charge < -0.3 is 9.15 Å². The van der Waals surface area contributed by atoms with Gasteiger partial charge in [0, 0.05) is 23.0 Å². The number of nitrogens with zero attached hydrogens (tertiary/aromatic N) is 2. The first kappa shape index (κ1) is 21.9. The normalized spacial score (nSPS) is 17.9. The number of hydrogen-bond acceptors (Lipinski definition) is 5. The maximum atomic E-state index is 12.2. The molecule has 1 amide bonds. The molecule has 3 aromatic carbocycles. The lowest BCUT2D eigenvalue weighted by atomic mass is 9.82. The number of carbonyl (C=O) groups excluding carboxylic acids is 1. The minimum Gasteiger partial charge on any atom is -0.489 e. The van der Waals surface area contributed by atoms with Crippen molar-refractivity contribution in [2.75, 3.05) is 0 Å². The van der Waals surface area contributed by atoms with Gasteiger partial charge in [-0.2, -0.15) is 5.10 Å². The van der Waals surface area contributed by atoms with E-state index >= 15 is 0 Å². The van der Waals surface area contributed by atoms with Crippen LogP contribution in [0.15, 0.2) is 82.3 Å². The van der Waals surface area contributed by atoms with E-state index in [1.807, 2.05) is 72.8 Å². The highest BCUT2D eigenvalue weighted by molar-refractivity contribution is 6.07. The van der Waals surface area contributed by atoms with Gasteiger partial charge in [-0.25, -0.2) is 10.4 Å². The van der Waals surface area contributed by atoms with Crippen LogP contribution in [0.2, 0.25) is 0 Å². The van der Waals surface area contributed by atoms with Crippen molar-refractivity contribution in [3.63, 3.8) is 0 Å². The van der Waals surface area contributed by atoms with Crippen LogP contribution in [0.5, 0.6) is 5.75 Å². The van der Waals surface area contributed by atoms with Crippen molar-refractivity contribution in [1.29, 1.82) is 0 Å². The summed E-state index contributed by atoms with van der Waals surface area (Å²) in [7, 11) is 0. The SMILES string of the molecule is CCC[C@H]1C(=O)NN=C(c2ccc3nc(-c4ccc(OCc5ccccc5)cc4)oc3c2)[C@H]1C. The fraction of sp³-hybridized carbons (Fsp3) is 0.250. The van der Waals surface area contributed by atoms with Gasteiger partial charge in [0.25, 0.3) is 0 Å². The van der Waals surface area contributed by atoms with Gasteiger partial charge in [-0.1, -0.05) is 56.7 Å². The smallest absolute Gasteiger partial charge is 0.243 e. The Kier molecular flexibility index (Phi) is 6.12. The molecule has 34 heavy (non-hydrogen) atoms. The molecule has 172 valence electrons. The molecule has 0 unspecified atom stereocenters. The van der Waals surface area contributed by atoms with E-state index in [1.165, 1.54) is 0 Å². The van der Waals surface area contributed by atoms with E-state index in [4.69, 9.17) is 9.15 Å². The molecule has 0 saturated carbocycles. The molecule has 0 saturated heterocycles. The number of hydrogen-bond donors (Lipinski definition) is 1. The van der Waals surface area contributed by atoms with Crippen LogP contribution in [0.1, 0.15) is 37.8 Å². The summed E-state index contributed by atoms with van der Waals surface area (Å²) in [6, 6.07) is 23.7. The van der Waals surface area contributed by atoms with Gasteiger partial charge in [-0.3, -0.25) is 4.79 Å². The lowest BCUT2D eigenvalue weighted by Crippen LogP contribution is -2.40. The molecule has 2 heterocycles. The fourth-order valence-electron chi connectivity index (χ4n) is 4.38. The van der Waals surface area contributed by atoms with Crippen molar-refractivity contribution in [2.45, 2.75) is 33.3 Å². The number of carbonyl (C=O) groups is 1. The van der Waals surface area contributed by atoms with Gasteiger partial charge >= 0.3 is 0 Å². The van der Waals surface area contributed by atoms with Crippen LogP contribution in [-0.2, 0) is 11.4 Å². The monoisotopic (exact) mass is 453 g/mol. The highest BCUT2D eigenvalue weighted by Crippen LogP contribution is 2.30. The molecule has 6 nitrogen and oxygen atoms in total. The highest BCUT2D eigenvalue weighted by atomic mass is 16.5. The van der Waals surface area contributed by atoms with Crippen molar-refractivity contribution in [3.05, 3.63) is 83.9 Å². The molecule has 0 fully saturated rings. The van der Waals surface area contributed by atoms with Crippen LogP contribution in [0.4, 0.5) is 0 Å². The van der Waals surface area contributed by atoms with Gasteiger partial charge in [-0.15, -0.1) is 0 Å². The lowest BCUT2D eigenvalue weighted by molar-refractivity contribution is -0.126. The summed E-state index contributed by atoms with van der Waals surface area (Å²) < 4.78 is 12.0. The number of aromatic nitrogens is 1. The molecular weight excluding hydrogens is 426 g/mol. The molecule has 1 aliphatic heterocycles. The molecule has 1 N–H and O–H groups in total. The van der Waals surface area contributed by atoms with Gasteiger partial charge in [0.1, 0.15) is 17.9 Å². The lowest BCUT2D eigenvalue weighted by Gasteiger charge is -2.27. The standard InChI is InChI=1S/C28H27N3O3/c1-3-7-23-18(2)26(30-31-27(23)32)21-12-15-24-25(16-21)34-28(29-24)20-10-13-22(14-11-20)33-17-19-8-5-4-6-9-19/h4-6,8-16,18,23H,3,7,17H2,1-2H3,(H,31,32)/t18-,23+/m0/s1. The highest BCUT2D eigenvalue weighted by Gasteiger charge is 2.32. The second-order valence-electron chi connectivity index (χ2n) is 8.66. The molecule has 0 aliphatic carbocycles. The predicted molar refractivity (Wildman–Crippen MR) is 132 cm³/mol. The Bertz CT molecular complexity index is 1330. The Balaban J connectivity index is 1.34. The summed E-state index contributed by atoms with van der Waals surface area (Å²) in [6.07, 6.45) is 1.79. The second kappa shape index (κ2) is 9.51. The molecule has 1 aromatic heterocycles. The average Bonchev–Trinajstić information content (AvgIpc) is 3.30. The molecule has 0 spiro atoms. The molecule has 0 bridgehead atoms. The van der Waals surface area contributed by atoms with E-state index in [9.17, 15) is 4.79 Å². The maximum absolute atomic E-state index is 12.2.